The van der Waals surface area contributed by atoms with E-state index < -0.39 is 0 Å². The molecule has 1 aromatic heterocycles. The summed E-state index contributed by atoms with van der Waals surface area (Å²) in [5.41, 5.74) is 3.47. The molecule has 180 valence electrons. The molecule has 0 bridgehead atoms. The van der Waals surface area contributed by atoms with E-state index in [9.17, 15) is 4.79 Å². The van der Waals surface area contributed by atoms with Gasteiger partial charge in [-0.05, 0) is 31.2 Å². The first-order chi connectivity index (χ1) is 17.0. The zero-order valence-corrected chi connectivity index (χ0v) is 20.8. The van der Waals surface area contributed by atoms with Gasteiger partial charge in [-0.15, -0.1) is 10.2 Å². The van der Waals surface area contributed by atoms with Gasteiger partial charge in [0.1, 0.15) is 5.75 Å². The lowest BCUT2D eigenvalue weighted by Crippen LogP contribution is -2.14. The summed E-state index contributed by atoms with van der Waals surface area (Å²) >= 11 is 1.29. The Labute approximate surface area is 208 Å². The Balaban J connectivity index is 1.60. The molecule has 0 spiro atoms. The highest BCUT2D eigenvalue weighted by Gasteiger charge is 2.20. The van der Waals surface area contributed by atoms with Crippen molar-refractivity contribution in [3.05, 3.63) is 72.3 Å². The molecule has 8 nitrogen and oxygen atoms in total. The molecule has 0 saturated heterocycles. The minimum Gasteiger partial charge on any atom is -0.495 e. The number of ether oxygens (including phenoxy) is 3. The molecule has 0 fully saturated rings. The van der Waals surface area contributed by atoms with Crippen LogP contribution in [-0.2, 0) is 4.79 Å². The zero-order chi connectivity index (χ0) is 24.8. The number of benzene rings is 3. The molecule has 0 saturated carbocycles. The number of rotatable bonds is 9. The van der Waals surface area contributed by atoms with Crippen molar-refractivity contribution in [2.75, 3.05) is 32.4 Å². The lowest BCUT2D eigenvalue weighted by atomic mass is 10.1. The Hall–Kier alpha value is -3.98. The molecule has 1 amide bonds. The fourth-order valence-electron chi connectivity index (χ4n) is 3.53. The second-order valence-corrected chi connectivity index (χ2v) is 8.53. The van der Waals surface area contributed by atoms with Gasteiger partial charge in [-0.1, -0.05) is 53.7 Å². The van der Waals surface area contributed by atoms with Gasteiger partial charge in [-0.3, -0.25) is 9.36 Å². The molecule has 35 heavy (non-hydrogen) atoms. The number of aromatic nitrogens is 3. The highest BCUT2D eigenvalue weighted by Crippen LogP contribution is 2.33. The molecule has 0 aliphatic carbocycles. The molecule has 0 aliphatic rings. The van der Waals surface area contributed by atoms with Crippen LogP contribution in [0, 0.1) is 6.92 Å². The van der Waals surface area contributed by atoms with Crippen molar-refractivity contribution in [3.63, 3.8) is 0 Å². The monoisotopic (exact) mass is 490 g/mol. The third kappa shape index (κ3) is 5.41. The van der Waals surface area contributed by atoms with Gasteiger partial charge >= 0.3 is 0 Å². The van der Waals surface area contributed by atoms with Crippen LogP contribution < -0.4 is 19.5 Å². The Kier molecular flexibility index (Phi) is 7.57. The normalized spacial score (nSPS) is 10.6. The summed E-state index contributed by atoms with van der Waals surface area (Å²) in [5.74, 6) is 2.42. The number of hydrogen-bond donors (Lipinski definition) is 1. The number of hydrogen-bond acceptors (Lipinski definition) is 7. The number of amides is 1. The van der Waals surface area contributed by atoms with Crippen molar-refractivity contribution in [2.45, 2.75) is 12.1 Å². The van der Waals surface area contributed by atoms with Crippen molar-refractivity contribution >= 4 is 23.4 Å². The second-order valence-electron chi connectivity index (χ2n) is 7.59. The quantitative estimate of drug-likeness (QED) is 0.330. The van der Waals surface area contributed by atoms with Gasteiger partial charge in [0.2, 0.25) is 5.91 Å². The van der Waals surface area contributed by atoms with Crippen LogP contribution in [-0.4, -0.2) is 47.8 Å². The van der Waals surface area contributed by atoms with E-state index in [1.54, 1.807) is 39.5 Å². The van der Waals surface area contributed by atoms with Crippen molar-refractivity contribution in [1.82, 2.24) is 14.8 Å². The Bertz CT molecular complexity index is 1320. The van der Waals surface area contributed by atoms with E-state index in [2.05, 4.69) is 15.5 Å². The molecule has 4 rings (SSSR count). The molecule has 3 aromatic carbocycles. The number of nitrogens with one attached hydrogen (secondary N) is 1. The standard InChI is InChI=1S/C26H26N4O4S/c1-17-9-11-18(12-10-17)25-28-29-26(30(25)20-7-5-6-8-21(20)32-2)35-16-24(31)27-19-13-14-22(33-3)23(15-19)34-4/h5-15H,16H2,1-4H3,(H,27,31). The lowest BCUT2D eigenvalue weighted by molar-refractivity contribution is -0.113. The van der Waals surface area contributed by atoms with E-state index in [0.29, 0.717) is 33.9 Å². The Morgan fingerprint density at radius 2 is 1.60 bits per heavy atom. The SMILES string of the molecule is COc1ccc(NC(=O)CSc2nnc(-c3ccc(C)cc3)n2-c2ccccc2OC)cc1OC. The summed E-state index contributed by atoms with van der Waals surface area (Å²) < 4.78 is 18.1. The first kappa shape index (κ1) is 24.2. The summed E-state index contributed by atoms with van der Waals surface area (Å²) in [7, 11) is 4.74. The van der Waals surface area contributed by atoms with E-state index in [1.165, 1.54) is 11.8 Å². The summed E-state index contributed by atoms with van der Waals surface area (Å²) in [6.45, 7) is 2.03. The summed E-state index contributed by atoms with van der Waals surface area (Å²) in [6, 6.07) is 20.9. The van der Waals surface area contributed by atoms with Crippen molar-refractivity contribution < 1.29 is 19.0 Å². The molecular formula is C26H26N4O4S. The van der Waals surface area contributed by atoms with Gasteiger partial charge in [-0.2, -0.15) is 0 Å². The number of methoxy groups -OCH3 is 3. The third-order valence-corrected chi connectivity index (χ3v) is 6.20. The van der Waals surface area contributed by atoms with E-state index >= 15 is 0 Å². The number of carbonyl (C=O) groups excluding carboxylic acids is 1. The second kappa shape index (κ2) is 11.0. The van der Waals surface area contributed by atoms with E-state index in [-0.39, 0.29) is 11.7 Å². The van der Waals surface area contributed by atoms with Crippen LogP contribution in [0.2, 0.25) is 0 Å². The molecule has 0 unspecified atom stereocenters. The molecule has 9 heteroatoms. The molecule has 0 radical (unpaired) electrons. The molecule has 1 N–H and O–H groups in total. The largest absolute Gasteiger partial charge is 0.495 e. The van der Waals surface area contributed by atoms with Crippen LogP contribution >= 0.6 is 11.8 Å². The smallest absolute Gasteiger partial charge is 0.234 e. The summed E-state index contributed by atoms with van der Waals surface area (Å²) in [6.07, 6.45) is 0. The van der Waals surface area contributed by atoms with Gasteiger partial charge in [-0.25, -0.2) is 0 Å². The average molecular weight is 491 g/mol. The van der Waals surface area contributed by atoms with E-state index in [1.807, 2.05) is 60.0 Å². The first-order valence-electron chi connectivity index (χ1n) is 10.8. The maximum absolute atomic E-state index is 12.7. The Morgan fingerprint density at radius 1 is 0.886 bits per heavy atom. The fraction of sp³-hybridized carbons (Fsp3) is 0.192. The maximum atomic E-state index is 12.7. The molecular weight excluding hydrogens is 464 g/mol. The van der Waals surface area contributed by atoms with Crippen molar-refractivity contribution in [3.8, 4) is 34.3 Å². The molecule has 1 heterocycles. The number of aryl methyl sites for hydroxylation is 1. The van der Waals surface area contributed by atoms with Crippen LogP contribution in [0.5, 0.6) is 17.2 Å². The molecule has 0 aliphatic heterocycles. The molecule has 0 atom stereocenters. The number of carbonyl (C=O) groups is 1. The summed E-state index contributed by atoms with van der Waals surface area (Å²) in [5, 5.41) is 12.3. The number of nitrogens with zero attached hydrogens (tertiary/aromatic N) is 3. The van der Waals surface area contributed by atoms with Gasteiger partial charge < -0.3 is 19.5 Å². The first-order valence-corrected chi connectivity index (χ1v) is 11.8. The van der Waals surface area contributed by atoms with E-state index in [4.69, 9.17) is 14.2 Å². The number of anilines is 1. The van der Waals surface area contributed by atoms with Gasteiger partial charge in [0.25, 0.3) is 0 Å². The van der Waals surface area contributed by atoms with Gasteiger partial charge in [0.05, 0.1) is 32.8 Å². The Morgan fingerprint density at radius 3 is 2.31 bits per heavy atom. The van der Waals surface area contributed by atoms with E-state index in [0.717, 1.165) is 16.8 Å². The predicted octanol–water partition coefficient (Wildman–Crippen LogP) is 5.00. The number of para-hydroxylation sites is 2. The van der Waals surface area contributed by atoms with Crippen LogP contribution in [0.1, 0.15) is 5.56 Å². The topological polar surface area (TPSA) is 87.5 Å². The van der Waals surface area contributed by atoms with Crippen LogP contribution in [0.3, 0.4) is 0 Å². The fourth-order valence-corrected chi connectivity index (χ4v) is 4.27. The third-order valence-electron chi connectivity index (χ3n) is 5.27. The highest BCUT2D eigenvalue weighted by atomic mass is 32.2. The van der Waals surface area contributed by atoms with Crippen molar-refractivity contribution in [1.29, 1.82) is 0 Å². The molecule has 4 aromatic rings. The maximum Gasteiger partial charge on any atom is 0.234 e. The van der Waals surface area contributed by atoms with Gasteiger partial charge in [0.15, 0.2) is 22.5 Å². The predicted molar refractivity (Wildman–Crippen MR) is 137 cm³/mol. The zero-order valence-electron chi connectivity index (χ0n) is 19.9. The highest BCUT2D eigenvalue weighted by molar-refractivity contribution is 7.99. The minimum atomic E-state index is -0.186. The average Bonchev–Trinajstić information content (AvgIpc) is 3.31. The van der Waals surface area contributed by atoms with Crippen LogP contribution in [0.4, 0.5) is 5.69 Å². The van der Waals surface area contributed by atoms with Crippen LogP contribution in [0.15, 0.2) is 71.9 Å². The van der Waals surface area contributed by atoms with Crippen LogP contribution in [0.25, 0.3) is 17.1 Å². The number of thioether (sulfide) groups is 1. The lowest BCUT2D eigenvalue weighted by Gasteiger charge is -2.14. The van der Waals surface area contributed by atoms with Crippen molar-refractivity contribution in [2.24, 2.45) is 0 Å². The minimum absolute atomic E-state index is 0.134. The summed E-state index contributed by atoms with van der Waals surface area (Å²) in [4.78, 5) is 12.7. The van der Waals surface area contributed by atoms with Gasteiger partial charge in [0, 0.05) is 17.3 Å².